The summed E-state index contributed by atoms with van der Waals surface area (Å²) in [5.41, 5.74) is 0.949. The molecule has 0 fully saturated rings. The van der Waals surface area contributed by atoms with E-state index in [2.05, 4.69) is 15.5 Å². The Kier molecular flexibility index (Phi) is 7.46. The lowest BCUT2D eigenvalue weighted by Crippen LogP contribution is -2.23. The Morgan fingerprint density at radius 1 is 1.19 bits per heavy atom. The Morgan fingerprint density at radius 2 is 1.91 bits per heavy atom. The highest BCUT2D eigenvalue weighted by molar-refractivity contribution is 7.89. The smallest absolute Gasteiger partial charge is 0.340 e. The van der Waals surface area contributed by atoms with Crippen LogP contribution >= 0.6 is 11.6 Å². The summed E-state index contributed by atoms with van der Waals surface area (Å²) < 4.78 is 36.7. The number of carbonyl (C=O) groups excluding carboxylic acids is 1. The Bertz CT molecular complexity index is 1200. The maximum atomic E-state index is 12.7. The third-order valence-corrected chi connectivity index (χ3v) is 6.36. The third kappa shape index (κ3) is 5.43. The lowest BCUT2D eigenvalue weighted by molar-refractivity contribution is 0.0439. The molecule has 0 aliphatic carbocycles. The number of hydrogen-bond donors (Lipinski definition) is 2. The summed E-state index contributed by atoms with van der Waals surface area (Å²) in [5.74, 6) is -0.505. The zero-order chi connectivity index (χ0) is 23.3. The lowest BCUT2D eigenvalue weighted by atomic mass is 10.2. The Balaban J connectivity index is 1.79. The highest BCUT2D eigenvalue weighted by Crippen LogP contribution is 2.24. The van der Waals surface area contributed by atoms with Gasteiger partial charge in [0.05, 0.1) is 17.1 Å². The number of anilines is 1. The third-order valence-electron chi connectivity index (χ3n) is 4.30. The fourth-order valence-electron chi connectivity index (χ4n) is 2.63. The van der Waals surface area contributed by atoms with Crippen molar-refractivity contribution in [2.24, 2.45) is 0 Å². The number of halogens is 1. The normalized spacial score (nSPS) is 11.5. The highest BCUT2D eigenvalue weighted by Gasteiger charge is 2.22. The van der Waals surface area contributed by atoms with Crippen LogP contribution in [0.25, 0.3) is 11.5 Å². The summed E-state index contributed by atoms with van der Waals surface area (Å²) >= 11 is 5.86. The van der Waals surface area contributed by atoms with Crippen molar-refractivity contribution in [1.29, 1.82) is 0 Å². The molecule has 2 N–H and O–H groups in total. The SMILES string of the molecule is CN(C)S(=O)(=O)c1ccc(NCCO)c(C(=O)OCc2nnc(-c3ccc(Cl)cc3)o2)c1. The fourth-order valence-corrected chi connectivity index (χ4v) is 3.69. The summed E-state index contributed by atoms with van der Waals surface area (Å²) in [6.45, 7) is -0.334. The Labute approximate surface area is 189 Å². The van der Waals surface area contributed by atoms with Crippen LogP contribution < -0.4 is 5.32 Å². The molecule has 12 heteroatoms. The predicted molar refractivity (Wildman–Crippen MR) is 117 cm³/mol. The van der Waals surface area contributed by atoms with E-state index in [1.54, 1.807) is 24.3 Å². The van der Waals surface area contributed by atoms with Crippen molar-refractivity contribution in [2.75, 3.05) is 32.6 Å². The van der Waals surface area contributed by atoms with Gasteiger partial charge in [-0.15, -0.1) is 10.2 Å². The van der Waals surface area contributed by atoms with Crippen molar-refractivity contribution < 1.29 is 27.5 Å². The summed E-state index contributed by atoms with van der Waals surface area (Å²) in [5, 5.41) is 20.3. The van der Waals surface area contributed by atoms with E-state index in [0.29, 0.717) is 16.3 Å². The molecule has 32 heavy (non-hydrogen) atoms. The number of aromatic nitrogens is 2. The van der Waals surface area contributed by atoms with Gasteiger partial charge in [0.25, 0.3) is 5.89 Å². The first kappa shape index (κ1) is 23.7. The zero-order valence-corrected chi connectivity index (χ0v) is 18.9. The van der Waals surface area contributed by atoms with E-state index in [0.717, 1.165) is 4.31 Å². The van der Waals surface area contributed by atoms with Crippen molar-refractivity contribution in [3.63, 3.8) is 0 Å². The number of aliphatic hydroxyl groups excluding tert-OH is 1. The molecule has 0 saturated carbocycles. The van der Waals surface area contributed by atoms with Gasteiger partial charge < -0.3 is 19.6 Å². The number of carbonyl (C=O) groups is 1. The van der Waals surface area contributed by atoms with Crippen LogP contribution in [0.2, 0.25) is 5.02 Å². The Morgan fingerprint density at radius 3 is 2.56 bits per heavy atom. The van der Waals surface area contributed by atoms with Crippen LogP contribution in [-0.4, -0.2) is 61.2 Å². The second-order valence-corrected chi connectivity index (χ2v) is 9.32. The molecule has 0 radical (unpaired) electrons. The average Bonchev–Trinajstić information content (AvgIpc) is 3.25. The van der Waals surface area contributed by atoms with Gasteiger partial charge in [0.15, 0.2) is 6.61 Å². The summed E-state index contributed by atoms with van der Waals surface area (Å²) in [6, 6.07) is 10.8. The molecule has 0 aliphatic heterocycles. The quantitative estimate of drug-likeness (QED) is 0.442. The summed E-state index contributed by atoms with van der Waals surface area (Å²) in [6.07, 6.45) is 0. The van der Waals surface area contributed by atoms with Gasteiger partial charge in [-0.1, -0.05) is 11.6 Å². The molecule has 2 aromatic carbocycles. The molecule has 0 spiro atoms. The molecular weight excluding hydrogens is 460 g/mol. The first-order valence-electron chi connectivity index (χ1n) is 9.39. The minimum Gasteiger partial charge on any atom is -0.452 e. The van der Waals surface area contributed by atoms with Crippen LogP contribution in [0.3, 0.4) is 0 Å². The van der Waals surface area contributed by atoms with Crippen molar-refractivity contribution >= 4 is 33.3 Å². The van der Waals surface area contributed by atoms with Crippen molar-refractivity contribution in [2.45, 2.75) is 11.5 Å². The predicted octanol–water partition coefficient (Wildman–Crippen LogP) is 2.40. The topological polar surface area (TPSA) is 135 Å². The highest BCUT2D eigenvalue weighted by atomic mass is 35.5. The lowest BCUT2D eigenvalue weighted by Gasteiger charge is -2.15. The van der Waals surface area contributed by atoms with Gasteiger partial charge in [0, 0.05) is 36.9 Å². The van der Waals surface area contributed by atoms with E-state index in [1.807, 2.05) is 0 Å². The summed E-state index contributed by atoms with van der Waals surface area (Å²) in [7, 11) is -0.994. The Hall–Kier alpha value is -2.99. The first-order valence-corrected chi connectivity index (χ1v) is 11.2. The van der Waals surface area contributed by atoms with Crippen LogP contribution in [-0.2, 0) is 21.4 Å². The monoisotopic (exact) mass is 480 g/mol. The van der Waals surface area contributed by atoms with Crippen LogP contribution in [0.4, 0.5) is 5.69 Å². The van der Waals surface area contributed by atoms with Gasteiger partial charge in [-0.2, -0.15) is 0 Å². The molecule has 0 bridgehead atoms. The van der Waals surface area contributed by atoms with E-state index in [-0.39, 0.29) is 42.0 Å². The van der Waals surface area contributed by atoms with Crippen LogP contribution in [0.1, 0.15) is 16.2 Å². The number of esters is 1. The summed E-state index contributed by atoms with van der Waals surface area (Å²) in [4.78, 5) is 12.7. The van der Waals surface area contributed by atoms with E-state index >= 15 is 0 Å². The van der Waals surface area contributed by atoms with Gasteiger partial charge in [-0.25, -0.2) is 17.5 Å². The van der Waals surface area contributed by atoms with E-state index < -0.39 is 16.0 Å². The van der Waals surface area contributed by atoms with Crippen molar-refractivity contribution in [3.8, 4) is 11.5 Å². The van der Waals surface area contributed by atoms with Crippen molar-refractivity contribution in [3.05, 3.63) is 58.9 Å². The molecule has 3 aromatic rings. The molecule has 0 aliphatic rings. The van der Waals surface area contributed by atoms with E-state index in [1.165, 1.54) is 32.3 Å². The number of ether oxygens (including phenoxy) is 1. The standard InChI is InChI=1S/C20H21ClN4O6S/c1-25(2)32(28,29)15-7-8-17(22-9-10-26)16(11-15)20(27)30-12-18-23-24-19(31-18)13-3-5-14(21)6-4-13/h3-8,11,22,26H,9-10,12H2,1-2H3. The zero-order valence-electron chi connectivity index (χ0n) is 17.3. The van der Waals surface area contributed by atoms with Gasteiger partial charge in [-0.3, -0.25) is 0 Å². The average molecular weight is 481 g/mol. The second-order valence-electron chi connectivity index (χ2n) is 6.73. The number of nitrogens with zero attached hydrogens (tertiary/aromatic N) is 3. The molecular formula is C20H21ClN4O6S. The molecule has 10 nitrogen and oxygen atoms in total. The molecule has 0 saturated heterocycles. The number of benzene rings is 2. The number of sulfonamides is 1. The molecule has 0 atom stereocenters. The molecule has 170 valence electrons. The molecule has 3 rings (SSSR count). The second kappa shape index (κ2) is 10.1. The van der Waals surface area contributed by atoms with Gasteiger partial charge in [0.2, 0.25) is 15.9 Å². The van der Waals surface area contributed by atoms with E-state index in [4.69, 9.17) is 25.9 Å². The van der Waals surface area contributed by atoms with Crippen LogP contribution in [0, 0.1) is 0 Å². The fraction of sp³-hybridized carbons (Fsp3) is 0.250. The van der Waals surface area contributed by atoms with Crippen molar-refractivity contribution in [1.82, 2.24) is 14.5 Å². The minimum atomic E-state index is -3.77. The number of nitrogens with one attached hydrogen (secondary N) is 1. The number of hydrogen-bond acceptors (Lipinski definition) is 9. The molecule has 0 unspecified atom stereocenters. The number of aliphatic hydroxyl groups is 1. The minimum absolute atomic E-state index is 0.0150. The van der Waals surface area contributed by atoms with Crippen LogP contribution in [0.15, 0.2) is 51.8 Å². The maximum absolute atomic E-state index is 12.7. The molecule has 0 amide bonds. The van der Waals surface area contributed by atoms with E-state index in [9.17, 15) is 13.2 Å². The number of rotatable bonds is 9. The first-order chi connectivity index (χ1) is 15.2. The van der Waals surface area contributed by atoms with Gasteiger partial charge in [0.1, 0.15) is 0 Å². The largest absolute Gasteiger partial charge is 0.452 e. The molecule has 1 heterocycles. The van der Waals surface area contributed by atoms with Crippen LogP contribution in [0.5, 0.6) is 0 Å². The maximum Gasteiger partial charge on any atom is 0.340 e. The van der Waals surface area contributed by atoms with Gasteiger partial charge in [-0.05, 0) is 42.5 Å². The molecule has 1 aromatic heterocycles. The van der Waals surface area contributed by atoms with Gasteiger partial charge >= 0.3 is 5.97 Å².